The van der Waals surface area contributed by atoms with E-state index in [4.69, 9.17) is 10.5 Å². The number of ether oxygens (including phenoxy) is 1. The predicted molar refractivity (Wildman–Crippen MR) is 74.8 cm³/mol. The Balaban J connectivity index is 2.56. The van der Waals surface area contributed by atoms with Crippen molar-refractivity contribution in [3.05, 3.63) is 40.3 Å². The van der Waals surface area contributed by atoms with Crippen LogP contribution < -0.4 is 5.73 Å². The number of nitrogens with two attached hydrogens (primary N) is 1. The fraction of sp³-hybridized carbons (Fsp3) is 0.214. The van der Waals surface area contributed by atoms with Crippen LogP contribution in [0, 0.1) is 18.6 Å². The molecule has 106 valence electrons. The first kappa shape index (κ1) is 14.5. The highest BCUT2D eigenvalue weighted by molar-refractivity contribution is 7.18. The smallest absolute Gasteiger partial charge is 0.350 e. The van der Waals surface area contributed by atoms with Gasteiger partial charge in [0.05, 0.1) is 12.3 Å². The Kier molecular flexibility index (Phi) is 4.04. The topological polar surface area (TPSA) is 52.3 Å². The highest BCUT2D eigenvalue weighted by Crippen LogP contribution is 2.39. The van der Waals surface area contributed by atoms with Gasteiger partial charge in [-0.05, 0) is 25.5 Å². The first-order chi connectivity index (χ1) is 9.47. The Bertz CT molecular complexity index is 667. The van der Waals surface area contributed by atoms with E-state index in [0.717, 1.165) is 17.4 Å². The maximum atomic E-state index is 13.8. The molecule has 1 aromatic carbocycles. The molecule has 0 bridgehead atoms. The summed E-state index contributed by atoms with van der Waals surface area (Å²) in [5, 5.41) is 0. The van der Waals surface area contributed by atoms with Crippen LogP contribution in [0.15, 0.2) is 18.2 Å². The zero-order valence-electron chi connectivity index (χ0n) is 11.0. The molecule has 2 N–H and O–H groups in total. The lowest BCUT2D eigenvalue weighted by Gasteiger charge is -2.02. The molecule has 0 fully saturated rings. The average Bonchev–Trinajstić information content (AvgIpc) is 2.70. The van der Waals surface area contributed by atoms with Crippen LogP contribution in [-0.4, -0.2) is 12.6 Å². The molecule has 0 aliphatic carbocycles. The summed E-state index contributed by atoms with van der Waals surface area (Å²) < 4.78 is 32.0. The van der Waals surface area contributed by atoms with E-state index >= 15 is 0 Å². The van der Waals surface area contributed by atoms with Crippen molar-refractivity contribution in [3.8, 4) is 10.4 Å². The number of esters is 1. The van der Waals surface area contributed by atoms with Crippen LogP contribution in [0.3, 0.4) is 0 Å². The van der Waals surface area contributed by atoms with Crippen molar-refractivity contribution in [3.63, 3.8) is 0 Å². The number of hydrogen-bond donors (Lipinski definition) is 1. The predicted octanol–water partition coefficient (Wildman–Crippen LogP) is 3.76. The summed E-state index contributed by atoms with van der Waals surface area (Å²) in [4.78, 5) is 12.4. The second kappa shape index (κ2) is 5.58. The molecule has 2 aromatic rings. The van der Waals surface area contributed by atoms with Gasteiger partial charge in [-0.25, -0.2) is 13.6 Å². The van der Waals surface area contributed by atoms with E-state index in [2.05, 4.69) is 0 Å². The number of carbonyl (C=O) groups excluding carboxylic acids is 1. The van der Waals surface area contributed by atoms with Crippen LogP contribution in [-0.2, 0) is 4.74 Å². The lowest BCUT2D eigenvalue weighted by atomic mass is 10.1. The molecule has 0 saturated heterocycles. The van der Waals surface area contributed by atoms with Crippen molar-refractivity contribution in [1.29, 1.82) is 0 Å². The molecule has 0 aliphatic heterocycles. The fourth-order valence-electron chi connectivity index (χ4n) is 1.81. The number of nitrogen functional groups attached to an aromatic ring is 1. The Hall–Kier alpha value is -1.95. The van der Waals surface area contributed by atoms with E-state index in [-0.39, 0.29) is 22.7 Å². The van der Waals surface area contributed by atoms with Gasteiger partial charge in [-0.3, -0.25) is 0 Å². The van der Waals surface area contributed by atoms with Gasteiger partial charge in [0.15, 0.2) is 11.6 Å². The number of halogens is 2. The molecule has 20 heavy (non-hydrogen) atoms. The summed E-state index contributed by atoms with van der Waals surface area (Å²) in [6.45, 7) is 3.56. The van der Waals surface area contributed by atoms with E-state index in [9.17, 15) is 13.6 Å². The zero-order chi connectivity index (χ0) is 14.9. The van der Waals surface area contributed by atoms with Crippen LogP contribution in [0.25, 0.3) is 10.4 Å². The molecule has 2 rings (SSSR count). The van der Waals surface area contributed by atoms with Crippen LogP contribution in [0.5, 0.6) is 0 Å². The van der Waals surface area contributed by atoms with Gasteiger partial charge in [0, 0.05) is 10.4 Å². The number of benzene rings is 1. The maximum absolute atomic E-state index is 13.8. The fourth-order valence-corrected chi connectivity index (χ4v) is 2.95. The summed E-state index contributed by atoms with van der Waals surface area (Å²) in [6, 6.07) is 3.90. The Morgan fingerprint density at radius 1 is 1.40 bits per heavy atom. The van der Waals surface area contributed by atoms with Crippen molar-refractivity contribution >= 4 is 23.0 Å². The monoisotopic (exact) mass is 297 g/mol. The van der Waals surface area contributed by atoms with Gasteiger partial charge in [0.1, 0.15) is 4.88 Å². The molecule has 0 saturated carbocycles. The van der Waals surface area contributed by atoms with Gasteiger partial charge in [-0.15, -0.1) is 11.3 Å². The van der Waals surface area contributed by atoms with Gasteiger partial charge in [0.25, 0.3) is 0 Å². The van der Waals surface area contributed by atoms with Crippen molar-refractivity contribution in [2.75, 3.05) is 12.3 Å². The number of hydrogen-bond acceptors (Lipinski definition) is 4. The molecule has 1 heterocycles. The van der Waals surface area contributed by atoms with E-state index < -0.39 is 17.6 Å². The average molecular weight is 297 g/mol. The summed E-state index contributed by atoms with van der Waals surface area (Å²) in [6.07, 6.45) is 0. The standard InChI is InChI=1S/C14H13F2NO2S/c1-3-19-14(18)13-11(17)7(2)12(20-13)8-5-4-6-9(15)10(8)16/h4-6H,3,17H2,1-2H3. The highest BCUT2D eigenvalue weighted by Gasteiger charge is 2.22. The van der Waals surface area contributed by atoms with Crippen molar-refractivity contribution in [2.45, 2.75) is 13.8 Å². The summed E-state index contributed by atoms with van der Waals surface area (Å²) in [5.41, 5.74) is 6.73. The summed E-state index contributed by atoms with van der Waals surface area (Å²) in [5.74, 6) is -2.44. The molecule has 6 heteroatoms. The molecular formula is C14H13F2NO2S. The molecule has 1 aromatic heterocycles. The van der Waals surface area contributed by atoms with E-state index in [1.807, 2.05) is 0 Å². The Labute approximate surface area is 119 Å². The number of carbonyl (C=O) groups is 1. The maximum Gasteiger partial charge on any atom is 0.350 e. The first-order valence-corrected chi connectivity index (χ1v) is 6.79. The Morgan fingerprint density at radius 2 is 2.10 bits per heavy atom. The number of thiophene rings is 1. The summed E-state index contributed by atoms with van der Waals surface area (Å²) >= 11 is 1.00. The highest BCUT2D eigenvalue weighted by atomic mass is 32.1. The van der Waals surface area contributed by atoms with E-state index in [1.54, 1.807) is 13.8 Å². The third kappa shape index (κ3) is 2.38. The van der Waals surface area contributed by atoms with Gasteiger partial charge < -0.3 is 10.5 Å². The van der Waals surface area contributed by atoms with Gasteiger partial charge >= 0.3 is 5.97 Å². The number of rotatable bonds is 3. The van der Waals surface area contributed by atoms with Crippen LogP contribution >= 0.6 is 11.3 Å². The minimum Gasteiger partial charge on any atom is -0.462 e. The normalized spacial score (nSPS) is 10.6. The van der Waals surface area contributed by atoms with Crippen LogP contribution in [0.2, 0.25) is 0 Å². The molecule has 3 nitrogen and oxygen atoms in total. The second-order valence-corrected chi connectivity index (χ2v) is 5.14. The van der Waals surface area contributed by atoms with Crippen molar-refractivity contribution in [1.82, 2.24) is 0 Å². The van der Waals surface area contributed by atoms with Gasteiger partial charge in [0.2, 0.25) is 0 Å². The molecule has 0 atom stereocenters. The molecule has 0 unspecified atom stereocenters. The largest absolute Gasteiger partial charge is 0.462 e. The van der Waals surface area contributed by atoms with Gasteiger partial charge in [-0.1, -0.05) is 12.1 Å². The SMILES string of the molecule is CCOC(=O)c1sc(-c2cccc(F)c2F)c(C)c1N. The Morgan fingerprint density at radius 3 is 2.75 bits per heavy atom. The van der Waals surface area contributed by atoms with Crippen molar-refractivity contribution < 1.29 is 18.3 Å². The van der Waals surface area contributed by atoms with E-state index in [1.165, 1.54) is 12.1 Å². The number of anilines is 1. The van der Waals surface area contributed by atoms with Crippen molar-refractivity contribution in [2.24, 2.45) is 0 Å². The third-order valence-corrected chi connectivity index (χ3v) is 4.17. The lowest BCUT2D eigenvalue weighted by molar-refractivity contribution is 0.0533. The second-order valence-electron chi connectivity index (χ2n) is 4.12. The molecule has 0 amide bonds. The minimum atomic E-state index is -0.952. The lowest BCUT2D eigenvalue weighted by Crippen LogP contribution is -2.05. The first-order valence-electron chi connectivity index (χ1n) is 5.97. The molecule has 0 radical (unpaired) electrons. The summed E-state index contributed by atoms with van der Waals surface area (Å²) in [7, 11) is 0. The quantitative estimate of drug-likeness (QED) is 0.878. The molecule has 0 aliphatic rings. The van der Waals surface area contributed by atoms with Crippen LogP contribution in [0.4, 0.5) is 14.5 Å². The van der Waals surface area contributed by atoms with Gasteiger partial charge in [-0.2, -0.15) is 0 Å². The third-order valence-electron chi connectivity index (χ3n) is 2.85. The minimum absolute atomic E-state index is 0.0924. The molecular weight excluding hydrogens is 284 g/mol. The zero-order valence-corrected chi connectivity index (χ0v) is 11.8. The van der Waals surface area contributed by atoms with E-state index in [0.29, 0.717) is 10.4 Å². The molecule has 0 spiro atoms. The van der Waals surface area contributed by atoms with Crippen LogP contribution in [0.1, 0.15) is 22.2 Å².